The third kappa shape index (κ3) is 4.49. The van der Waals surface area contributed by atoms with Crippen LogP contribution < -0.4 is 5.32 Å². The summed E-state index contributed by atoms with van der Waals surface area (Å²) in [5.74, 6) is 0. The van der Waals surface area contributed by atoms with Crippen molar-refractivity contribution in [2.24, 2.45) is 0 Å². The van der Waals surface area contributed by atoms with E-state index in [0.29, 0.717) is 0 Å². The maximum atomic E-state index is 9.01. The van der Waals surface area contributed by atoms with Gasteiger partial charge < -0.3 is 10.4 Å². The average Bonchev–Trinajstić information content (AvgIpc) is 2.25. The highest BCUT2D eigenvalue weighted by Crippen LogP contribution is 2.17. The summed E-state index contributed by atoms with van der Waals surface area (Å²) in [4.78, 5) is 0. The van der Waals surface area contributed by atoms with E-state index in [-0.39, 0.29) is 12.6 Å². The third-order valence-corrected chi connectivity index (χ3v) is 3.05. The molecule has 15 heavy (non-hydrogen) atoms. The van der Waals surface area contributed by atoms with E-state index in [1.807, 2.05) is 0 Å². The van der Waals surface area contributed by atoms with Gasteiger partial charge in [0.25, 0.3) is 0 Å². The molecule has 0 radical (unpaired) electrons. The fourth-order valence-electron chi connectivity index (χ4n) is 1.53. The Morgan fingerprint density at radius 2 is 2.00 bits per heavy atom. The first-order chi connectivity index (χ1) is 7.27. The number of aliphatic hydroxyl groups excluding tert-OH is 1. The Hall–Kier alpha value is -0.130. The van der Waals surface area contributed by atoms with Crippen LogP contribution in [-0.4, -0.2) is 18.3 Å². The van der Waals surface area contributed by atoms with Crippen LogP contribution in [0, 0.1) is 3.57 Å². The Balaban J connectivity index is 2.65. The molecular formula is C12H18INO. The summed E-state index contributed by atoms with van der Waals surface area (Å²) in [5.41, 5.74) is 1.26. The molecule has 0 saturated heterocycles. The lowest BCUT2D eigenvalue weighted by molar-refractivity contribution is 0.265. The minimum Gasteiger partial charge on any atom is -0.396 e. The molecule has 0 bridgehead atoms. The van der Waals surface area contributed by atoms with Gasteiger partial charge in [0.15, 0.2) is 0 Å². The molecule has 0 spiro atoms. The van der Waals surface area contributed by atoms with E-state index in [9.17, 15) is 0 Å². The summed E-state index contributed by atoms with van der Waals surface area (Å²) >= 11 is 2.30. The zero-order valence-corrected chi connectivity index (χ0v) is 11.2. The summed E-state index contributed by atoms with van der Waals surface area (Å²) < 4.78 is 1.24. The Morgan fingerprint density at radius 3 is 2.53 bits per heavy atom. The molecule has 0 aliphatic carbocycles. The van der Waals surface area contributed by atoms with Gasteiger partial charge in [-0.2, -0.15) is 0 Å². The van der Waals surface area contributed by atoms with Crippen LogP contribution in [0.2, 0.25) is 0 Å². The molecule has 0 aliphatic heterocycles. The topological polar surface area (TPSA) is 32.3 Å². The summed E-state index contributed by atoms with van der Waals surface area (Å²) in [7, 11) is 0. The number of aliphatic hydroxyl groups is 1. The molecule has 84 valence electrons. The van der Waals surface area contributed by atoms with Gasteiger partial charge in [0.2, 0.25) is 0 Å². The number of nitrogens with one attached hydrogen (secondary N) is 1. The normalized spacial score (nSPS) is 12.7. The number of halogens is 1. The second kappa shape index (κ2) is 7.19. The first-order valence-electron chi connectivity index (χ1n) is 5.37. The second-order valence-electron chi connectivity index (χ2n) is 3.57. The molecule has 1 aromatic carbocycles. The standard InChI is InChI=1S/C12H18INO/c1-2-8-14-12(7-9-15)10-3-5-11(13)6-4-10/h3-6,12,14-15H,2,7-9H2,1H3. The number of hydrogen-bond donors (Lipinski definition) is 2. The highest BCUT2D eigenvalue weighted by Gasteiger charge is 2.08. The van der Waals surface area contributed by atoms with Gasteiger partial charge in [-0.3, -0.25) is 0 Å². The van der Waals surface area contributed by atoms with E-state index in [4.69, 9.17) is 5.11 Å². The van der Waals surface area contributed by atoms with Crippen molar-refractivity contribution in [2.75, 3.05) is 13.2 Å². The average molecular weight is 319 g/mol. The van der Waals surface area contributed by atoms with E-state index >= 15 is 0 Å². The van der Waals surface area contributed by atoms with Crippen LogP contribution in [0.4, 0.5) is 0 Å². The Morgan fingerprint density at radius 1 is 1.33 bits per heavy atom. The highest BCUT2D eigenvalue weighted by molar-refractivity contribution is 14.1. The van der Waals surface area contributed by atoms with Gasteiger partial charge in [0.05, 0.1) is 0 Å². The van der Waals surface area contributed by atoms with E-state index in [2.05, 4.69) is 59.1 Å². The minimum atomic E-state index is 0.230. The SMILES string of the molecule is CCCNC(CCO)c1ccc(I)cc1. The van der Waals surface area contributed by atoms with Gasteiger partial charge >= 0.3 is 0 Å². The summed E-state index contributed by atoms with van der Waals surface area (Å²) in [6.07, 6.45) is 1.90. The molecular weight excluding hydrogens is 301 g/mol. The molecule has 0 fully saturated rings. The number of rotatable bonds is 6. The molecule has 0 amide bonds. The maximum absolute atomic E-state index is 9.01. The lowest BCUT2D eigenvalue weighted by atomic mass is 10.0. The first kappa shape index (κ1) is 12.9. The van der Waals surface area contributed by atoms with E-state index in [1.165, 1.54) is 9.13 Å². The van der Waals surface area contributed by atoms with Crippen LogP contribution in [0.5, 0.6) is 0 Å². The number of hydrogen-bond acceptors (Lipinski definition) is 2. The summed E-state index contributed by atoms with van der Waals surface area (Å²) in [6, 6.07) is 8.75. The highest BCUT2D eigenvalue weighted by atomic mass is 127. The Bertz CT molecular complexity index is 273. The van der Waals surface area contributed by atoms with Crippen molar-refractivity contribution >= 4 is 22.6 Å². The lowest BCUT2D eigenvalue weighted by Gasteiger charge is -2.17. The Kier molecular flexibility index (Phi) is 6.20. The van der Waals surface area contributed by atoms with Gasteiger partial charge in [-0.05, 0) is 59.7 Å². The lowest BCUT2D eigenvalue weighted by Crippen LogP contribution is -2.23. The molecule has 1 atom stereocenters. The molecule has 2 N–H and O–H groups in total. The molecule has 1 unspecified atom stereocenters. The van der Waals surface area contributed by atoms with Crippen molar-refractivity contribution in [3.8, 4) is 0 Å². The van der Waals surface area contributed by atoms with Crippen LogP contribution in [0.25, 0.3) is 0 Å². The molecule has 0 saturated carbocycles. The summed E-state index contributed by atoms with van der Waals surface area (Å²) in [6.45, 7) is 3.38. The molecule has 3 heteroatoms. The molecule has 1 rings (SSSR count). The van der Waals surface area contributed by atoms with Gasteiger partial charge in [0, 0.05) is 16.2 Å². The van der Waals surface area contributed by atoms with E-state index in [1.54, 1.807) is 0 Å². The molecule has 2 nitrogen and oxygen atoms in total. The van der Waals surface area contributed by atoms with Crippen LogP contribution in [-0.2, 0) is 0 Å². The van der Waals surface area contributed by atoms with Crippen LogP contribution in [0.15, 0.2) is 24.3 Å². The molecule has 0 heterocycles. The predicted octanol–water partition coefficient (Wildman–Crippen LogP) is 2.71. The van der Waals surface area contributed by atoms with Gasteiger partial charge in [-0.1, -0.05) is 19.1 Å². The monoisotopic (exact) mass is 319 g/mol. The van der Waals surface area contributed by atoms with E-state index in [0.717, 1.165) is 19.4 Å². The predicted molar refractivity (Wildman–Crippen MR) is 71.9 cm³/mol. The van der Waals surface area contributed by atoms with Gasteiger partial charge in [-0.25, -0.2) is 0 Å². The fourth-order valence-corrected chi connectivity index (χ4v) is 1.89. The van der Waals surface area contributed by atoms with Crippen molar-refractivity contribution in [1.29, 1.82) is 0 Å². The van der Waals surface area contributed by atoms with Crippen LogP contribution in [0.1, 0.15) is 31.4 Å². The zero-order chi connectivity index (χ0) is 11.1. The third-order valence-electron chi connectivity index (χ3n) is 2.33. The van der Waals surface area contributed by atoms with Crippen LogP contribution in [0.3, 0.4) is 0 Å². The van der Waals surface area contributed by atoms with Crippen molar-refractivity contribution in [3.05, 3.63) is 33.4 Å². The molecule has 0 aromatic heterocycles. The van der Waals surface area contributed by atoms with Crippen molar-refractivity contribution in [1.82, 2.24) is 5.32 Å². The van der Waals surface area contributed by atoms with Gasteiger partial charge in [0.1, 0.15) is 0 Å². The largest absolute Gasteiger partial charge is 0.396 e. The maximum Gasteiger partial charge on any atom is 0.0449 e. The van der Waals surface area contributed by atoms with Gasteiger partial charge in [-0.15, -0.1) is 0 Å². The zero-order valence-electron chi connectivity index (χ0n) is 9.04. The minimum absolute atomic E-state index is 0.230. The fraction of sp³-hybridized carbons (Fsp3) is 0.500. The van der Waals surface area contributed by atoms with Crippen molar-refractivity contribution in [3.63, 3.8) is 0 Å². The Labute approximate surface area is 105 Å². The van der Waals surface area contributed by atoms with Crippen molar-refractivity contribution in [2.45, 2.75) is 25.8 Å². The van der Waals surface area contributed by atoms with Crippen LogP contribution >= 0.6 is 22.6 Å². The smallest absolute Gasteiger partial charge is 0.0449 e. The number of benzene rings is 1. The molecule has 1 aromatic rings. The molecule has 0 aliphatic rings. The quantitative estimate of drug-likeness (QED) is 0.790. The second-order valence-corrected chi connectivity index (χ2v) is 4.82. The summed E-state index contributed by atoms with van der Waals surface area (Å²) in [5, 5.41) is 12.5. The van der Waals surface area contributed by atoms with Crippen molar-refractivity contribution < 1.29 is 5.11 Å². The van der Waals surface area contributed by atoms with E-state index < -0.39 is 0 Å². The first-order valence-corrected chi connectivity index (χ1v) is 6.45.